The van der Waals surface area contributed by atoms with Gasteiger partial charge in [0, 0.05) is 40.3 Å². The quantitative estimate of drug-likeness (QED) is 0.746. The van der Waals surface area contributed by atoms with Crippen molar-refractivity contribution in [3.05, 3.63) is 16.9 Å². The second kappa shape index (κ2) is 6.67. The Bertz CT molecular complexity index is 469. The zero-order valence-electron chi connectivity index (χ0n) is 11.7. The molecule has 1 aromatic heterocycles. The summed E-state index contributed by atoms with van der Waals surface area (Å²) < 4.78 is 17.4. The van der Waals surface area contributed by atoms with Gasteiger partial charge in [-0.1, -0.05) is 11.6 Å². The average Bonchev–Trinajstić information content (AvgIpc) is 2.85. The maximum Gasteiger partial charge on any atom is 0.214 e. The predicted molar refractivity (Wildman–Crippen MR) is 73.2 cm³/mol. The lowest BCUT2D eigenvalue weighted by molar-refractivity contribution is -0.0667. The molecule has 2 rings (SSSR count). The number of carbonyl (C=O) groups is 1. The van der Waals surface area contributed by atoms with Gasteiger partial charge in [0.15, 0.2) is 0 Å². The molecule has 0 N–H and O–H groups in total. The van der Waals surface area contributed by atoms with Crippen LogP contribution in [0.4, 0.5) is 0 Å². The fraction of sp³-hybridized carbons (Fsp3) is 0.692. The molecule has 0 aromatic carbocycles. The number of Topliss-reactive ketones (excluding diaryl/α,β-unsaturated/α-hetero) is 1. The first-order valence-corrected chi connectivity index (χ1v) is 6.90. The molecule has 0 aliphatic carbocycles. The molecule has 0 atom stereocenters. The molecule has 7 heteroatoms. The van der Waals surface area contributed by atoms with E-state index in [1.54, 1.807) is 18.9 Å². The van der Waals surface area contributed by atoms with Gasteiger partial charge in [0.2, 0.25) is 5.78 Å². The van der Waals surface area contributed by atoms with E-state index in [1.165, 1.54) is 6.20 Å². The Hall–Kier alpha value is -0.950. The SMILES string of the molecule is COCCn1ncc(Cl)c1C(=O)C1(OC)CCOCC1. The van der Waals surface area contributed by atoms with Crippen molar-refractivity contribution in [1.82, 2.24) is 9.78 Å². The van der Waals surface area contributed by atoms with E-state index in [-0.39, 0.29) is 5.78 Å². The molecule has 2 heterocycles. The summed E-state index contributed by atoms with van der Waals surface area (Å²) in [5.74, 6) is -0.137. The second-order valence-electron chi connectivity index (χ2n) is 4.70. The Morgan fingerprint density at radius 3 is 2.80 bits per heavy atom. The fourth-order valence-corrected chi connectivity index (χ4v) is 2.60. The number of ketones is 1. The van der Waals surface area contributed by atoms with Crippen molar-refractivity contribution in [2.45, 2.75) is 25.0 Å². The van der Waals surface area contributed by atoms with Gasteiger partial charge >= 0.3 is 0 Å². The van der Waals surface area contributed by atoms with Crippen LogP contribution >= 0.6 is 11.6 Å². The van der Waals surface area contributed by atoms with Gasteiger partial charge in [-0.15, -0.1) is 0 Å². The average molecular weight is 303 g/mol. The third-order valence-corrected chi connectivity index (χ3v) is 3.90. The van der Waals surface area contributed by atoms with Crippen molar-refractivity contribution < 1.29 is 19.0 Å². The Labute approximate surface area is 122 Å². The van der Waals surface area contributed by atoms with Crippen molar-refractivity contribution in [2.75, 3.05) is 34.0 Å². The summed E-state index contributed by atoms with van der Waals surface area (Å²) in [6, 6.07) is 0. The van der Waals surface area contributed by atoms with Crippen LogP contribution in [0.15, 0.2) is 6.20 Å². The molecule has 1 aromatic rings. The van der Waals surface area contributed by atoms with Crippen molar-refractivity contribution in [2.24, 2.45) is 0 Å². The number of ether oxygens (including phenoxy) is 3. The van der Waals surface area contributed by atoms with E-state index >= 15 is 0 Å². The molecule has 0 unspecified atom stereocenters. The van der Waals surface area contributed by atoms with Gasteiger partial charge < -0.3 is 14.2 Å². The highest BCUT2D eigenvalue weighted by molar-refractivity contribution is 6.34. The van der Waals surface area contributed by atoms with E-state index in [0.29, 0.717) is 49.9 Å². The summed E-state index contributed by atoms with van der Waals surface area (Å²) in [5.41, 5.74) is -0.486. The summed E-state index contributed by atoms with van der Waals surface area (Å²) in [7, 11) is 3.15. The van der Waals surface area contributed by atoms with Gasteiger partial charge in [-0.3, -0.25) is 9.48 Å². The molecule has 6 nitrogen and oxygen atoms in total. The van der Waals surface area contributed by atoms with Crippen LogP contribution in [-0.4, -0.2) is 55.2 Å². The van der Waals surface area contributed by atoms with E-state index in [0.717, 1.165) is 0 Å². The molecule has 20 heavy (non-hydrogen) atoms. The molecule has 112 valence electrons. The Morgan fingerprint density at radius 2 is 2.20 bits per heavy atom. The van der Waals surface area contributed by atoms with Crippen LogP contribution in [-0.2, 0) is 20.8 Å². The van der Waals surface area contributed by atoms with Crippen molar-refractivity contribution in [3.8, 4) is 0 Å². The Morgan fingerprint density at radius 1 is 1.50 bits per heavy atom. The highest BCUT2D eigenvalue weighted by Crippen LogP contribution is 2.31. The molecular weight excluding hydrogens is 284 g/mol. The minimum atomic E-state index is -0.868. The first-order valence-electron chi connectivity index (χ1n) is 6.52. The van der Waals surface area contributed by atoms with Crippen LogP contribution in [0, 0.1) is 0 Å². The van der Waals surface area contributed by atoms with Gasteiger partial charge in [0.1, 0.15) is 11.3 Å². The zero-order chi connectivity index (χ0) is 14.6. The molecule has 0 spiro atoms. The number of hydrogen-bond donors (Lipinski definition) is 0. The van der Waals surface area contributed by atoms with E-state index in [1.807, 2.05) is 0 Å². The molecule has 1 fully saturated rings. The molecule has 0 saturated carbocycles. The maximum absolute atomic E-state index is 12.9. The Kier molecular flexibility index (Phi) is 5.15. The first-order chi connectivity index (χ1) is 9.64. The summed E-state index contributed by atoms with van der Waals surface area (Å²) in [6.07, 6.45) is 2.52. The smallest absolute Gasteiger partial charge is 0.214 e. The third-order valence-electron chi connectivity index (χ3n) is 3.62. The summed E-state index contributed by atoms with van der Waals surface area (Å²) in [4.78, 5) is 12.9. The molecule has 0 bridgehead atoms. The lowest BCUT2D eigenvalue weighted by Crippen LogP contribution is -2.46. The third kappa shape index (κ3) is 2.88. The van der Waals surface area contributed by atoms with Crippen LogP contribution in [0.5, 0.6) is 0 Å². The van der Waals surface area contributed by atoms with Gasteiger partial charge in [-0.05, 0) is 0 Å². The van der Waals surface area contributed by atoms with E-state index in [4.69, 9.17) is 25.8 Å². The largest absolute Gasteiger partial charge is 0.383 e. The number of methoxy groups -OCH3 is 2. The molecule has 1 saturated heterocycles. The van der Waals surface area contributed by atoms with Crippen LogP contribution in [0.3, 0.4) is 0 Å². The van der Waals surface area contributed by atoms with E-state index in [2.05, 4.69) is 5.10 Å². The number of aromatic nitrogens is 2. The van der Waals surface area contributed by atoms with Crippen LogP contribution in [0.2, 0.25) is 5.02 Å². The fourth-order valence-electron chi connectivity index (χ4n) is 2.38. The molecular formula is C13H19ClN2O4. The molecule has 0 radical (unpaired) electrons. The van der Waals surface area contributed by atoms with Gasteiger partial charge in [-0.2, -0.15) is 5.10 Å². The number of rotatable bonds is 6. The minimum absolute atomic E-state index is 0.137. The van der Waals surface area contributed by atoms with Gasteiger partial charge in [0.05, 0.1) is 24.4 Å². The number of nitrogens with zero attached hydrogens (tertiary/aromatic N) is 2. The first kappa shape index (κ1) is 15.4. The van der Waals surface area contributed by atoms with E-state index in [9.17, 15) is 4.79 Å². The lowest BCUT2D eigenvalue weighted by Gasteiger charge is -2.34. The zero-order valence-corrected chi connectivity index (χ0v) is 12.5. The second-order valence-corrected chi connectivity index (χ2v) is 5.10. The number of hydrogen-bond acceptors (Lipinski definition) is 5. The molecule has 1 aliphatic rings. The molecule has 0 amide bonds. The summed E-state index contributed by atoms with van der Waals surface area (Å²) >= 11 is 6.13. The highest BCUT2D eigenvalue weighted by atomic mass is 35.5. The topological polar surface area (TPSA) is 62.6 Å². The molecule has 1 aliphatic heterocycles. The van der Waals surface area contributed by atoms with Crippen LogP contribution < -0.4 is 0 Å². The Balaban J connectivity index is 2.29. The maximum atomic E-state index is 12.9. The summed E-state index contributed by atoms with van der Waals surface area (Å²) in [6.45, 7) is 1.94. The monoisotopic (exact) mass is 302 g/mol. The van der Waals surface area contributed by atoms with Gasteiger partial charge in [0.25, 0.3) is 0 Å². The van der Waals surface area contributed by atoms with Crippen molar-refractivity contribution >= 4 is 17.4 Å². The van der Waals surface area contributed by atoms with E-state index < -0.39 is 5.60 Å². The normalized spacial score (nSPS) is 18.1. The minimum Gasteiger partial charge on any atom is -0.383 e. The van der Waals surface area contributed by atoms with Crippen LogP contribution in [0.1, 0.15) is 23.3 Å². The number of halogens is 1. The lowest BCUT2D eigenvalue weighted by atomic mass is 9.87. The predicted octanol–water partition coefficient (Wildman–Crippen LogP) is 1.56. The van der Waals surface area contributed by atoms with Crippen LogP contribution in [0.25, 0.3) is 0 Å². The van der Waals surface area contributed by atoms with Crippen molar-refractivity contribution in [3.63, 3.8) is 0 Å². The summed E-state index contributed by atoms with van der Waals surface area (Å²) in [5, 5.41) is 4.47. The van der Waals surface area contributed by atoms with Gasteiger partial charge in [-0.25, -0.2) is 0 Å². The number of carbonyl (C=O) groups excluding carboxylic acids is 1. The standard InChI is InChI=1S/C13H19ClN2O4/c1-18-8-5-16-11(10(14)9-15-16)12(17)13(19-2)3-6-20-7-4-13/h9H,3-8H2,1-2H3. The highest BCUT2D eigenvalue weighted by Gasteiger charge is 2.43. The van der Waals surface area contributed by atoms with Crippen molar-refractivity contribution in [1.29, 1.82) is 0 Å².